The van der Waals surface area contributed by atoms with E-state index in [0.717, 1.165) is 16.8 Å². The van der Waals surface area contributed by atoms with Crippen LogP contribution in [0.3, 0.4) is 0 Å². The Kier molecular flexibility index (Phi) is 4.30. The van der Waals surface area contributed by atoms with Crippen molar-refractivity contribution >= 4 is 29.0 Å². The zero-order chi connectivity index (χ0) is 14.7. The molecule has 0 fully saturated rings. The van der Waals surface area contributed by atoms with E-state index < -0.39 is 0 Å². The van der Waals surface area contributed by atoms with Crippen LogP contribution in [0.1, 0.15) is 11.1 Å². The highest BCUT2D eigenvalue weighted by molar-refractivity contribution is 6.34. The summed E-state index contributed by atoms with van der Waals surface area (Å²) in [7, 11) is 1.72. The number of hydrogen-bond donors (Lipinski definition) is 1. The first-order chi connectivity index (χ1) is 9.49. The van der Waals surface area contributed by atoms with Gasteiger partial charge < -0.3 is 5.32 Å². The lowest BCUT2D eigenvalue weighted by Gasteiger charge is -2.19. The van der Waals surface area contributed by atoms with Crippen molar-refractivity contribution in [3.63, 3.8) is 0 Å². The van der Waals surface area contributed by atoms with Crippen LogP contribution in [0.5, 0.6) is 0 Å². The number of nitrogens with zero attached hydrogens (tertiary/aromatic N) is 1. The number of urea groups is 1. The molecular formula is C16H17ClN2O. The van der Waals surface area contributed by atoms with Crippen LogP contribution in [0.25, 0.3) is 0 Å². The zero-order valence-electron chi connectivity index (χ0n) is 11.8. The third kappa shape index (κ3) is 3.11. The first-order valence-electron chi connectivity index (χ1n) is 6.35. The van der Waals surface area contributed by atoms with Gasteiger partial charge in [-0.1, -0.05) is 35.9 Å². The first kappa shape index (κ1) is 14.4. The molecule has 1 N–H and O–H groups in total. The van der Waals surface area contributed by atoms with Crippen molar-refractivity contribution in [1.82, 2.24) is 0 Å². The predicted octanol–water partition coefficient (Wildman–Crippen LogP) is 4.63. The highest BCUT2D eigenvalue weighted by atomic mass is 35.5. The molecule has 0 atom stereocenters. The van der Waals surface area contributed by atoms with Crippen molar-refractivity contribution < 1.29 is 4.79 Å². The number of hydrogen-bond acceptors (Lipinski definition) is 1. The van der Waals surface area contributed by atoms with Crippen LogP contribution in [-0.2, 0) is 0 Å². The molecule has 0 saturated heterocycles. The average molecular weight is 289 g/mol. The van der Waals surface area contributed by atoms with E-state index in [1.807, 2.05) is 56.3 Å². The molecule has 2 amide bonds. The molecule has 0 bridgehead atoms. The maximum absolute atomic E-state index is 12.3. The summed E-state index contributed by atoms with van der Waals surface area (Å²) < 4.78 is 0. The second-order valence-corrected chi connectivity index (χ2v) is 5.17. The number of halogens is 1. The summed E-state index contributed by atoms with van der Waals surface area (Å²) in [6, 6.07) is 13.1. The number of rotatable bonds is 2. The fourth-order valence-electron chi connectivity index (χ4n) is 2.03. The Morgan fingerprint density at radius 2 is 1.80 bits per heavy atom. The Morgan fingerprint density at radius 3 is 2.40 bits per heavy atom. The van der Waals surface area contributed by atoms with Crippen LogP contribution >= 0.6 is 11.6 Å². The molecular weight excluding hydrogens is 272 g/mol. The standard InChI is InChI=1S/C16H17ClN2O/c1-11-9-12(2)15(14(17)10-11)18-16(20)19(3)13-7-5-4-6-8-13/h4-10H,1-3H3,(H,18,20). The topological polar surface area (TPSA) is 32.3 Å². The van der Waals surface area contributed by atoms with E-state index in [4.69, 9.17) is 11.6 Å². The van der Waals surface area contributed by atoms with Gasteiger partial charge in [0.2, 0.25) is 0 Å². The minimum absolute atomic E-state index is 0.218. The molecule has 3 nitrogen and oxygen atoms in total. The maximum atomic E-state index is 12.3. The number of carbonyl (C=O) groups excluding carboxylic acids is 1. The molecule has 2 aromatic rings. The normalized spacial score (nSPS) is 10.2. The van der Waals surface area contributed by atoms with Gasteiger partial charge in [-0.05, 0) is 43.2 Å². The molecule has 104 valence electrons. The monoisotopic (exact) mass is 288 g/mol. The summed E-state index contributed by atoms with van der Waals surface area (Å²) >= 11 is 6.20. The smallest absolute Gasteiger partial charge is 0.306 e. The van der Waals surface area contributed by atoms with E-state index in [-0.39, 0.29) is 6.03 Å². The summed E-state index contributed by atoms with van der Waals surface area (Å²) in [6.07, 6.45) is 0. The van der Waals surface area contributed by atoms with E-state index in [1.165, 1.54) is 0 Å². The summed E-state index contributed by atoms with van der Waals surface area (Å²) in [5.74, 6) is 0. The van der Waals surface area contributed by atoms with E-state index in [9.17, 15) is 4.79 Å². The average Bonchev–Trinajstić information content (AvgIpc) is 2.42. The molecule has 0 unspecified atom stereocenters. The van der Waals surface area contributed by atoms with Gasteiger partial charge in [0, 0.05) is 12.7 Å². The maximum Gasteiger partial charge on any atom is 0.326 e. The summed E-state index contributed by atoms with van der Waals surface area (Å²) in [6.45, 7) is 3.90. The van der Waals surface area contributed by atoms with E-state index in [0.29, 0.717) is 10.7 Å². The van der Waals surface area contributed by atoms with Gasteiger partial charge in [-0.15, -0.1) is 0 Å². The lowest BCUT2D eigenvalue weighted by atomic mass is 10.1. The van der Waals surface area contributed by atoms with Gasteiger partial charge in [0.05, 0.1) is 10.7 Å². The van der Waals surface area contributed by atoms with Gasteiger partial charge >= 0.3 is 6.03 Å². The predicted molar refractivity (Wildman–Crippen MR) is 84.8 cm³/mol. The molecule has 0 saturated carbocycles. The SMILES string of the molecule is Cc1cc(C)c(NC(=O)N(C)c2ccccc2)c(Cl)c1. The van der Waals surface area contributed by atoms with E-state index >= 15 is 0 Å². The molecule has 0 spiro atoms. The minimum Gasteiger partial charge on any atom is -0.306 e. The number of carbonyl (C=O) groups is 1. The van der Waals surface area contributed by atoms with E-state index in [2.05, 4.69) is 5.32 Å². The van der Waals surface area contributed by atoms with Gasteiger partial charge in [-0.25, -0.2) is 4.79 Å². The Labute approximate surface area is 124 Å². The van der Waals surface area contributed by atoms with Crippen molar-refractivity contribution in [1.29, 1.82) is 0 Å². The molecule has 2 aromatic carbocycles. The van der Waals surface area contributed by atoms with Crippen LogP contribution < -0.4 is 10.2 Å². The molecule has 0 aromatic heterocycles. The van der Waals surface area contributed by atoms with E-state index in [1.54, 1.807) is 11.9 Å². The molecule has 4 heteroatoms. The molecule has 2 rings (SSSR count). The van der Waals surface area contributed by atoms with Crippen molar-refractivity contribution in [3.05, 3.63) is 58.6 Å². The molecule has 0 heterocycles. The summed E-state index contributed by atoms with van der Waals surface area (Å²) in [4.78, 5) is 13.8. The second kappa shape index (κ2) is 5.97. The Bertz CT molecular complexity index is 603. The molecule has 20 heavy (non-hydrogen) atoms. The van der Waals surface area contributed by atoms with Gasteiger partial charge in [0.15, 0.2) is 0 Å². The fourth-order valence-corrected chi connectivity index (χ4v) is 2.40. The van der Waals surface area contributed by atoms with Gasteiger partial charge in [0.25, 0.3) is 0 Å². The van der Waals surface area contributed by atoms with Crippen molar-refractivity contribution in [2.45, 2.75) is 13.8 Å². The van der Waals surface area contributed by atoms with Gasteiger partial charge in [0.1, 0.15) is 0 Å². The van der Waals surface area contributed by atoms with Gasteiger partial charge in [-0.3, -0.25) is 4.90 Å². The first-order valence-corrected chi connectivity index (χ1v) is 6.73. The highest BCUT2D eigenvalue weighted by Crippen LogP contribution is 2.27. The Hall–Kier alpha value is -2.00. The Balaban J connectivity index is 2.20. The highest BCUT2D eigenvalue weighted by Gasteiger charge is 2.14. The molecule has 0 aliphatic rings. The largest absolute Gasteiger partial charge is 0.326 e. The molecule has 0 aliphatic heterocycles. The van der Waals surface area contributed by atoms with Crippen molar-refractivity contribution in [3.8, 4) is 0 Å². The minimum atomic E-state index is -0.218. The summed E-state index contributed by atoms with van der Waals surface area (Å²) in [5, 5.41) is 3.41. The number of para-hydroxylation sites is 1. The van der Waals surface area contributed by atoms with Crippen LogP contribution in [0.2, 0.25) is 5.02 Å². The van der Waals surface area contributed by atoms with Crippen molar-refractivity contribution in [2.75, 3.05) is 17.3 Å². The fraction of sp³-hybridized carbons (Fsp3) is 0.188. The van der Waals surface area contributed by atoms with Crippen LogP contribution in [0.4, 0.5) is 16.2 Å². The lowest BCUT2D eigenvalue weighted by molar-refractivity contribution is 0.258. The van der Waals surface area contributed by atoms with Crippen LogP contribution in [0, 0.1) is 13.8 Å². The number of anilines is 2. The number of benzene rings is 2. The number of aryl methyl sites for hydroxylation is 2. The van der Waals surface area contributed by atoms with Gasteiger partial charge in [-0.2, -0.15) is 0 Å². The lowest BCUT2D eigenvalue weighted by Crippen LogP contribution is -2.31. The summed E-state index contributed by atoms with van der Waals surface area (Å²) in [5.41, 5.74) is 3.50. The number of nitrogens with one attached hydrogen (secondary N) is 1. The quantitative estimate of drug-likeness (QED) is 0.859. The van der Waals surface area contributed by atoms with Crippen molar-refractivity contribution in [2.24, 2.45) is 0 Å². The molecule has 0 aliphatic carbocycles. The zero-order valence-corrected chi connectivity index (χ0v) is 12.5. The van der Waals surface area contributed by atoms with Crippen LogP contribution in [0.15, 0.2) is 42.5 Å². The Morgan fingerprint density at radius 1 is 1.15 bits per heavy atom. The third-order valence-corrected chi connectivity index (χ3v) is 3.41. The number of amides is 2. The molecule has 0 radical (unpaired) electrons. The second-order valence-electron chi connectivity index (χ2n) is 4.76. The third-order valence-electron chi connectivity index (χ3n) is 3.11. The van der Waals surface area contributed by atoms with Crippen LogP contribution in [-0.4, -0.2) is 13.1 Å².